The summed E-state index contributed by atoms with van der Waals surface area (Å²) in [4.78, 5) is 10.7. The maximum atomic E-state index is 6.06. The second-order valence-corrected chi connectivity index (χ2v) is 5.78. The smallest absolute Gasteiger partial charge is 0.219 e. The molecule has 7 nitrogen and oxygen atoms in total. The molecular weight excluding hydrogens is 332 g/mol. The molecule has 0 radical (unpaired) electrons. The van der Waals surface area contributed by atoms with Crippen molar-refractivity contribution in [3.63, 3.8) is 0 Å². The molecule has 1 aliphatic rings. The van der Waals surface area contributed by atoms with Crippen molar-refractivity contribution >= 4 is 5.96 Å². The predicted octanol–water partition coefficient (Wildman–Crippen LogP) is 2.42. The Morgan fingerprint density at radius 3 is 2.65 bits per heavy atom. The van der Waals surface area contributed by atoms with Crippen LogP contribution in [0.5, 0.6) is 17.4 Å². The highest BCUT2D eigenvalue weighted by molar-refractivity contribution is 5.78. The number of nitrogens with zero attached hydrogens (tertiary/aromatic N) is 3. The van der Waals surface area contributed by atoms with Gasteiger partial charge in [-0.15, -0.1) is 0 Å². The van der Waals surface area contributed by atoms with Gasteiger partial charge >= 0.3 is 0 Å². The third kappa shape index (κ3) is 5.10. The fourth-order valence-corrected chi connectivity index (χ4v) is 2.56. The molecule has 1 aromatic heterocycles. The number of morpholine rings is 1. The lowest BCUT2D eigenvalue weighted by Crippen LogP contribution is -2.44. The third-order valence-corrected chi connectivity index (χ3v) is 3.92. The molecule has 1 saturated heterocycles. The van der Waals surface area contributed by atoms with Crippen LogP contribution < -0.4 is 15.2 Å². The summed E-state index contributed by atoms with van der Waals surface area (Å²) in [5, 5.41) is 0. The van der Waals surface area contributed by atoms with E-state index in [1.165, 1.54) is 0 Å². The highest BCUT2D eigenvalue weighted by Crippen LogP contribution is 2.23. The van der Waals surface area contributed by atoms with Gasteiger partial charge in [0.05, 0.1) is 26.4 Å². The number of benzene rings is 1. The molecule has 7 heteroatoms. The Labute approximate surface area is 153 Å². The summed E-state index contributed by atoms with van der Waals surface area (Å²) in [6, 6.07) is 11.2. The summed E-state index contributed by atoms with van der Waals surface area (Å²) < 4.78 is 16.5. The lowest BCUT2D eigenvalue weighted by Gasteiger charge is -2.27. The summed E-state index contributed by atoms with van der Waals surface area (Å²) in [7, 11) is 0. The molecule has 2 heterocycles. The van der Waals surface area contributed by atoms with Crippen LogP contribution >= 0.6 is 0 Å². The van der Waals surface area contributed by atoms with Gasteiger partial charge < -0.3 is 24.8 Å². The zero-order chi connectivity index (χ0) is 18.2. The van der Waals surface area contributed by atoms with Gasteiger partial charge in [-0.3, -0.25) is 0 Å². The molecule has 1 aliphatic heterocycles. The topological polar surface area (TPSA) is 82.2 Å². The molecule has 2 aromatic rings. The Kier molecular flexibility index (Phi) is 6.27. The molecule has 1 fully saturated rings. The van der Waals surface area contributed by atoms with Crippen molar-refractivity contribution in [3.05, 3.63) is 48.2 Å². The lowest BCUT2D eigenvalue weighted by atomic mass is 10.2. The lowest BCUT2D eigenvalue weighted by molar-refractivity contribution is 0.0674. The number of nitrogens with two attached hydrogens (primary N) is 1. The zero-order valence-corrected chi connectivity index (χ0v) is 14.9. The van der Waals surface area contributed by atoms with E-state index in [0.29, 0.717) is 44.0 Å². The number of hydrogen-bond donors (Lipinski definition) is 1. The Morgan fingerprint density at radius 2 is 1.92 bits per heavy atom. The Hall–Kier alpha value is -2.80. The Bertz CT molecular complexity index is 728. The van der Waals surface area contributed by atoms with Gasteiger partial charge in [0.15, 0.2) is 5.96 Å². The Morgan fingerprint density at radius 1 is 1.19 bits per heavy atom. The van der Waals surface area contributed by atoms with E-state index >= 15 is 0 Å². The van der Waals surface area contributed by atoms with Crippen molar-refractivity contribution in [2.24, 2.45) is 10.7 Å². The highest BCUT2D eigenvalue weighted by atomic mass is 16.5. The number of ether oxygens (including phenoxy) is 3. The first-order valence-corrected chi connectivity index (χ1v) is 8.73. The van der Waals surface area contributed by atoms with E-state index in [2.05, 4.69) is 9.98 Å². The van der Waals surface area contributed by atoms with Crippen molar-refractivity contribution in [3.8, 4) is 17.4 Å². The van der Waals surface area contributed by atoms with Crippen LogP contribution in [0.1, 0.15) is 12.5 Å². The third-order valence-electron chi connectivity index (χ3n) is 3.92. The molecule has 138 valence electrons. The average molecular weight is 356 g/mol. The number of rotatable bonds is 6. The second kappa shape index (κ2) is 9.05. The molecule has 0 spiro atoms. The number of aliphatic imine (C=N–C) groups is 1. The molecule has 0 amide bonds. The zero-order valence-electron chi connectivity index (χ0n) is 14.9. The van der Waals surface area contributed by atoms with Gasteiger partial charge in [-0.1, -0.05) is 0 Å². The standard InChI is InChI=1S/C19H24N4O3/c1-2-25-16-3-5-17(6-4-16)26-18-13-15(7-8-21-18)14-22-19(20)23-9-11-24-12-10-23/h3-8,13H,2,9-12,14H2,1H3,(H2,20,22). The summed E-state index contributed by atoms with van der Waals surface area (Å²) in [6.45, 7) is 5.99. The first-order chi connectivity index (χ1) is 12.7. The predicted molar refractivity (Wildman–Crippen MR) is 99.6 cm³/mol. The monoisotopic (exact) mass is 356 g/mol. The summed E-state index contributed by atoms with van der Waals surface area (Å²) in [6.07, 6.45) is 1.71. The molecule has 0 bridgehead atoms. The summed E-state index contributed by atoms with van der Waals surface area (Å²) in [5.41, 5.74) is 7.04. The van der Waals surface area contributed by atoms with E-state index in [0.717, 1.165) is 24.4 Å². The molecule has 2 N–H and O–H groups in total. The van der Waals surface area contributed by atoms with Crippen LogP contribution in [0.2, 0.25) is 0 Å². The molecule has 3 rings (SSSR count). The van der Waals surface area contributed by atoms with Crippen LogP contribution in [0.25, 0.3) is 0 Å². The Balaban J connectivity index is 1.60. The number of hydrogen-bond acceptors (Lipinski definition) is 5. The summed E-state index contributed by atoms with van der Waals surface area (Å²) in [5.74, 6) is 2.58. The SMILES string of the molecule is CCOc1ccc(Oc2cc(CN=C(N)N3CCOCC3)ccn2)cc1. The second-order valence-electron chi connectivity index (χ2n) is 5.78. The van der Waals surface area contributed by atoms with Gasteiger partial charge in [-0.05, 0) is 42.8 Å². The highest BCUT2D eigenvalue weighted by Gasteiger charge is 2.12. The summed E-state index contributed by atoms with van der Waals surface area (Å²) >= 11 is 0. The molecule has 26 heavy (non-hydrogen) atoms. The number of aromatic nitrogens is 1. The van der Waals surface area contributed by atoms with E-state index in [-0.39, 0.29) is 0 Å². The van der Waals surface area contributed by atoms with Crippen LogP contribution in [-0.4, -0.2) is 48.8 Å². The van der Waals surface area contributed by atoms with Gasteiger partial charge in [0, 0.05) is 25.4 Å². The number of guanidine groups is 1. The van der Waals surface area contributed by atoms with E-state index in [1.54, 1.807) is 6.20 Å². The first-order valence-electron chi connectivity index (χ1n) is 8.73. The molecule has 1 aromatic carbocycles. The van der Waals surface area contributed by atoms with Crippen molar-refractivity contribution in [2.45, 2.75) is 13.5 Å². The van der Waals surface area contributed by atoms with Crippen LogP contribution in [0.4, 0.5) is 0 Å². The van der Waals surface area contributed by atoms with E-state index < -0.39 is 0 Å². The largest absolute Gasteiger partial charge is 0.494 e. The van der Waals surface area contributed by atoms with Gasteiger partial charge in [0.1, 0.15) is 11.5 Å². The molecular formula is C19H24N4O3. The minimum atomic E-state index is 0.478. The van der Waals surface area contributed by atoms with Crippen LogP contribution in [-0.2, 0) is 11.3 Å². The maximum Gasteiger partial charge on any atom is 0.219 e. The maximum absolute atomic E-state index is 6.06. The normalized spacial score (nSPS) is 15.0. The van der Waals surface area contributed by atoms with E-state index in [1.807, 2.05) is 48.2 Å². The quantitative estimate of drug-likeness (QED) is 0.632. The van der Waals surface area contributed by atoms with Crippen LogP contribution in [0.15, 0.2) is 47.6 Å². The van der Waals surface area contributed by atoms with Gasteiger partial charge in [-0.25, -0.2) is 9.98 Å². The van der Waals surface area contributed by atoms with Crippen molar-refractivity contribution in [1.82, 2.24) is 9.88 Å². The fraction of sp³-hybridized carbons (Fsp3) is 0.368. The average Bonchev–Trinajstić information content (AvgIpc) is 2.69. The van der Waals surface area contributed by atoms with Crippen LogP contribution in [0.3, 0.4) is 0 Å². The van der Waals surface area contributed by atoms with E-state index in [4.69, 9.17) is 19.9 Å². The molecule has 0 unspecified atom stereocenters. The van der Waals surface area contributed by atoms with E-state index in [9.17, 15) is 0 Å². The minimum absolute atomic E-state index is 0.478. The van der Waals surface area contributed by atoms with Crippen LogP contribution in [0, 0.1) is 0 Å². The van der Waals surface area contributed by atoms with Crippen molar-refractivity contribution < 1.29 is 14.2 Å². The van der Waals surface area contributed by atoms with Gasteiger partial charge in [-0.2, -0.15) is 0 Å². The van der Waals surface area contributed by atoms with Gasteiger partial charge in [0.25, 0.3) is 0 Å². The molecule has 0 aliphatic carbocycles. The first kappa shape index (κ1) is 18.0. The fourth-order valence-electron chi connectivity index (χ4n) is 2.56. The molecule has 0 atom stereocenters. The molecule has 0 saturated carbocycles. The van der Waals surface area contributed by atoms with Gasteiger partial charge in [0.2, 0.25) is 5.88 Å². The number of pyridine rings is 1. The minimum Gasteiger partial charge on any atom is -0.494 e. The van der Waals surface area contributed by atoms with Crippen molar-refractivity contribution in [2.75, 3.05) is 32.9 Å². The van der Waals surface area contributed by atoms with Crippen molar-refractivity contribution in [1.29, 1.82) is 0 Å².